The van der Waals surface area contributed by atoms with E-state index in [0.29, 0.717) is 6.04 Å². The first-order valence-corrected chi connectivity index (χ1v) is 9.30. The van der Waals surface area contributed by atoms with Crippen LogP contribution in [0.5, 0.6) is 0 Å². The van der Waals surface area contributed by atoms with Gasteiger partial charge in [0.2, 0.25) is 5.91 Å². The van der Waals surface area contributed by atoms with E-state index in [1.54, 1.807) is 30.3 Å². The molecule has 1 aliphatic carbocycles. The summed E-state index contributed by atoms with van der Waals surface area (Å²) in [7, 11) is 3.52. The lowest BCUT2D eigenvalue weighted by atomic mass is 9.96. The van der Waals surface area contributed by atoms with Gasteiger partial charge in [0.05, 0.1) is 0 Å². The molecule has 0 bridgehead atoms. The Balaban J connectivity index is 0.00000288. The molecule has 0 saturated heterocycles. The molecule has 0 aromatic carbocycles. The molecule has 0 aliphatic heterocycles. The van der Waals surface area contributed by atoms with E-state index in [-0.39, 0.29) is 36.4 Å². The van der Waals surface area contributed by atoms with Gasteiger partial charge in [0, 0.05) is 31.6 Å². The van der Waals surface area contributed by atoms with Gasteiger partial charge in [-0.05, 0) is 30.7 Å². The quantitative estimate of drug-likeness (QED) is 0.387. The van der Waals surface area contributed by atoms with Gasteiger partial charge in [0.15, 0.2) is 5.96 Å². The predicted molar refractivity (Wildman–Crippen MR) is 112 cm³/mol. The first kappa shape index (κ1) is 21.2. The topological polar surface area (TPSA) is 56.7 Å². The number of nitrogens with zero attached hydrogens (tertiary/aromatic N) is 2. The normalized spacial score (nSPS) is 15.5. The Kier molecular flexibility index (Phi) is 10.3. The van der Waals surface area contributed by atoms with Gasteiger partial charge in [0.25, 0.3) is 0 Å². The number of carbonyl (C=O) groups excluding carboxylic acids is 1. The third-order valence-corrected chi connectivity index (χ3v) is 5.00. The minimum absolute atomic E-state index is 0. The summed E-state index contributed by atoms with van der Waals surface area (Å²) in [5.74, 6) is 0.789. The monoisotopic (exact) mass is 464 g/mol. The molecule has 2 N–H and O–H groups in total. The summed E-state index contributed by atoms with van der Waals surface area (Å²) in [6.45, 7) is 1.02. The van der Waals surface area contributed by atoms with Crippen LogP contribution in [0.4, 0.5) is 0 Å². The molecule has 7 heteroatoms. The molecule has 1 amide bonds. The van der Waals surface area contributed by atoms with Gasteiger partial charge in [0.1, 0.15) is 6.54 Å². The van der Waals surface area contributed by atoms with E-state index in [1.165, 1.54) is 37.0 Å². The summed E-state index contributed by atoms with van der Waals surface area (Å²) in [5, 5.41) is 8.97. The standard InChI is InChI=1S/C17H28N4OS.HI/c1-21(2)16(22)13-19-17(20-14-7-4-3-5-8-14)18-11-10-15-9-6-12-23-15;/h6,9,12,14H,3-5,7-8,10-11,13H2,1-2H3,(H2,18,19,20);1H. The van der Waals surface area contributed by atoms with E-state index in [1.807, 2.05) is 0 Å². The van der Waals surface area contributed by atoms with E-state index < -0.39 is 0 Å². The minimum atomic E-state index is 0. The smallest absolute Gasteiger partial charge is 0.243 e. The average Bonchev–Trinajstić information content (AvgIpc) is 3.06. The highest BCUT2D eigenvalue weighted by molar-refractivity contribution is 14.0. The van der Waals surface area contributed by atoms with Crippen LogP contribution in [-0.4, -0.2) is 50.0 Å². The maximum Gasteiger partial charge on any atom is 0.243 e. The lowest BCUT2D eigenvalue weighted by Crippen LogP contribution is -2.45. The zero-order valence-electron chi connectivity index (χ0n) is 14.6. The highest BCUT2D eigenvalue weighted by atomic mass is 127. The fourth-order valence-electron chi connectivity index (χ4n) is 2.64. The highest BCUT2D eigenvalue weighted by Gasteiger charge is 2.15. The van der Waals surface area contributed by atoms with Crippen LogP contribution >= 0.6 is 35.3 Å². The van der Waals surface area contributed by atoms with E-state index in [4.69, 9.17) is 0 Å². The van der Waals surface area contributed by atoms with E-state index in [0.717, 1.165) is 18.9 Å². The Morgan fingerprint density at radius 2 is 2.08 bits per heavy atom. The summed E-state index contributed by atoms with van der Waals surface area (Å²) in [6.07, 6.45) is 7.23. The van der Waals surface area contributed by atoms with Crippen LogP contribution in [0.25, 0.3) is 0 Å². The fraction of sp³-hybridized carbons (Fsp3) is 0.647. The largest absolute Gasteiger partial charge is 0.356 e. The van der Waals surface area contributed by atoms with Crippen molar-refractivity contribution in [2.24, 2.45) is 4.99 Å². The SMILES string of the molecule is CN(C)C(=O)CN=C(NCCc1cccs1)NC1CCCCC1.I. The van der Waals surface area contributed by atoms with Gasteiger partial charge in [-0.2, -0.15) is 0 Å². The Labute approximate surface area is 166 Å². The lowest BCUT2D eigenvalue weighted by molar-refractivity contribution is -0.127. The number of likely N-dealkylation sites (N-methyl/N-ethyl adjacent to an activating group) is 1. The summed E-state index contributed by atoms with van der Waals surface area (Å²) in [6, 6.07) is 4.70. The zero-order chi connectivity index (χ0) is 16.5. The third kappa shape index (κ3) is 7.83. The fourth-order valence-corrected chi connectivity index (χ4v) is 3.35. The second kappa shape index (κ2) is 11.7. The number of guanidine groups is 1. The summed E-state index contributed by atoms with van der Waals surface area (Å²) < 4.78 is 0. The molecule has 0 atom stereocenters. The van der Waals surface area contributed by atoms with E-state index in [9.17, 15) is 4.79 Å². The third-order valence-electron chi connectivity index (χ3n) is 4.06. The van der Waals surface area contributed by atoms with Crippen molar-refractivity contribution in [1.82, 2.24) is 15.5 Å². The Morgan fingerprint density at radius 3 is 2.71 bits per heavy atom. The number of rotatable bonds is 6. The zero-order valence-corrected chi connectivity index (χ0v) is 17.7. The van der Waals surface area contributed by atoms with Gasteiger partial charge >= 0.3 is 0 Å². The number of halogens is 1. The Morgan fingerprint density at radius 1 is 1.33 bits per heavy atom. The van der Waals surface area contributed by atoms with Crippen molar-refractivity contribution >= 4 is 47.2 Å². The number of amides is 1. The van der Waals surface area contributed by atoms with Crippen molar-refractivity contribution in [3.05, 3.63) is 22.4 Å². The van der Waals surface area contributed by atoms with Gasteiger partial charge in [-0.25, -0.2) is 4.99 Å². The van der Waals surface area contributed by atoms with Crippen molar-refractivity contribution in [1.29, 1.82) is 0 Å². The number of thiophene rings is 1. The summed E-state index contributed by atoms with van der Waals surface area (Å²) >= 11 is 1.77. The maximum atomic E-state index is 11.8. The van der Waals surface area contributed by atoms with Crippen LogP contribution < -0.4 is 10.6 Å². The molecule has 2 rings (SSSR count). The van der Waals surface area contributed by atoms with Crippen molar-refractivity contribution in [3.8, 4) is 0 Å². The van der Waals surface area contributed by atoms with Crippen LogP contribution in [0, 0.1) is 0 Å². The molecule has 1 aromatic rings. The van der Waals surface area contributed by atoms with Crippen LogP contribution in [0.1, 0.15) is 37.0 Å². The Hall–Kier alpha value is -0.830. The maximum absolute atomic E-state index is 11.8. The molecule has 1 heterocycles. The molecular weight excluding hydrogens is 435 g/mol. The van der Waals surface area contributed by atoms with Crippen LogP contribution in [0.3, 0.4) is 0 Å². The first-order chi connectivity index (χ1) is 11.1. The molecule has 0 spiro atoms. The van der Waals surface area contributed by atoms with Crippen molar-refractivity contribution in [2.45, 2.75) is 44.6 Å². The summed E-state index contributed by atoms with van der Waals surface area (Å²) in [5.41, 5.74) is 0. The average molecular weight is 464 g/mol. The molecule has 1 fully saturated rings. The van der Waals surface area contributed by atoms with Gasteiger partial charge in [-0.1, -0.05) is 25.3 Å². The Bertz CT molecular complexity index is 499. The molecule has 1 aromatic heterocycles. The van der Waals surface area contributed by atoms with Crippen LogP contribution in [-0.2, 0) is 11.2 Å². The van der Waals surface area contributed by atoms with Crippen LogP contribution in [0.2, 0.25) is 0 Å². The summed E-state index contributed by atoms with van der Waals surface area (Å²) in [4.78, 5) is 19.2. The first-order valence-electron chi connectivity index (χ1n) is 8.42. The second-order valence-corrected chi connectivity index (χ2v) is 7.22. The number of nitrogens with one attached hydrogen (secondary N) is 2. The minimum Gasteiger partial charge on any atom is -0.356 e. The van der Waals surface area contributed by atoms with E-state index in [2.05, 4.69) is 33.1 Å². The molecule has 5 nitrogen and oxygen atoms in total. The molecule has 1 saturated carbocycles. The van der Waals surface area contributed by atoms with Crippen molar-refractivity contribution < 1.29 is 4.79 Å². The molecule has 136 valence electrons. The molecule has 0 unspecified atom stereocenters. The number of hydrogen-bond donors (Lipinski definition) is 2. The van der Waals surface area contributed by atoms with Crippen molar-refractivity contribution in [3.63, 3.8) is 0 Å². The van der Waals surface area contributed by atoms with Gasteiger partial charge in [-0.15, -0.1) is 35.3 Å². The molecular formula is C17H29IN4OS. The number of carbonyl (C=O) groups is 1. The predicted octanol–water partition coefficient (Wildman–Crippen LogP) is 2.86. The number of aliphatic imine (C=N–C) groups is 1. The molecule has 1 aliphatic rings. The lowest BCUT2D eigenvalue weighted by Gasteiger charge is -2.25. The molecule has 24 heavy (non-hydrogen) atoms. The molecule has 0 radical (unpaired) electrons. The van der Waals surface area contributed by atoms with Gasteiger partial charge in [-0.3, -0.25) is 4.79 Å². The van der Waals surface area contributed by atoms with Gasteiger partial charge < -0.3 is 15.5 Å². The van der Waals surface area contributed by atoms with Crippen molar-refractivity contribution in [2.75, 3.05) is 27.2 Å². The second-order valence-electron chi connectivity index (χ2n) is 6.19. The van der Waals surface area contributed by atoms with E-state index >= 15 is 0 Å². The van der Waals surface area contributed by atoms with Crippen LogP contribution in [0.15, 0.2) is 22.5 Å². The number of hydrogen-bond acceptors (Lipinski definition) is 3. The highest BCUT2D eigenvalue weighted by Crippen LogP contribution is 2.17.